The Labute approximate surface area is 80.3 Å². The Kier molecular flexibility index (Phi) is 6.48. The third-order valence-electron chi connectivity index (χ3n) is 1.34. The highest BCUT2D eigenvalue weighted by atomic mass is 28.3. The molecule has 13 heavy (non-hydrogen) atoms. The number of hydrogen-bond donors (Lipinski definition) is 0. The number of esters is 1. The first-order chi connectivity index (χ1) is 6.11. The molecule has 0 N–H and O–H groups in total. The Hall–Kier alpha value is -0.653. The van der Waals surface area contributed by atoms with Gasteiger partial charge in [0.05, 0.1) is 6.61 Å². The summed E-state index contributed by atoms with van der Waals surface area (Å²) in [5.74, 6) is -0.367. The minimum Gasteiger partial charge on any atom is -0.462 e. The molecule has 0 aliphatic rings. The third kappa shape index (κ3) is 5.56. The van der Waals surface area contributed by atoms with Crippen LogP contribution in [0.15, 0.2) is 12.2 Å². The Morgan fingerprint density at radius 3 is 2.31 bits per heavy atom. The van der Waals surface area contributed by atoms with Crippen molar-refractivity contribution in [3.05, 3.63) is 12.2 Å². The molecule has 0 saturated carbocycles. The minimum absolute atomic E-state index is 0.321. The van der Waals surface area contributed by atoms with E-state index in [4.69, 9.17) is 13.6 Å². The zero-order valence-corrected chi connectivity index (χ0v) is 9.25. The molecule has 0 heterocycles. The van der Waals surface area contributed by atoms with Gasteiger partial charge in [0.25, 0.3) is 0 Å². The molecule has 0 aromatic rings. The molecule has 0 aromatic carbocycles. The normalized spacial score (nSPS) is 10.2. The lowest BCUT2D eigenvalue weighted by molar-refractivity contribution is -0.138. The summed E-state index contributed by atoms with van der Waals surface area (Å²) in [6.45, 7) is 5.40. The van der Waals surface area contributed by atoms with Gasteiger partial charge in [0, 0.05) is 25.8 Å². The average molecular weight is 203 g/mol. The number of ether oxygens (including phenoxy) is 1. The van der Waals surface area contributed by atoms with Crippen LogP contribution >= 0.6 is 0 Å². The maximum absolute atomic E-state index is 10.9. The van der Waals surface area contributed by atoms with E-state index in [0.717, 1.165) is 0 Å². The summed E-state index contributed by atoms with van der Waals surface area (Å²) < 4.78 is 14.9. The van der Waals surface area contributed by atoms with E-state index < -0.39 is 9.28 Å². The van der Waals surface area contributed by atoms with E-state index in [9.17, 15) is 4.79 Å². The summed E-state index contributed by atoms with van der Waals surface area (Å²) in [5.41, 5.74) is 0.406. The van der Waals surface area contributed by atoms with E-state index in [1.807, 2.05) is 0 Å². The highest BCUT2D eigenvalue weighted by Gasteiger charge is 2.12. The summed E-state index contributed by atoms with van der Waals surface area (Å²) >= 11 is 0. The molecule has 0 bridgehead atoms. The Morgan fingerprint density at radius 1 is 1.38 bits per heavy atom. The number of hydrogen-bond acceptors (Lipinski definition) is 4. The number of rotatable bonds is 6. The van der Waals surface area contributed by atoms with Gasteiger partial charge >= 0.3 is 15.3 Å². The van der Waals surface area contributed by atoms with Crippen molar-refractivity contribution in [2.45, 2.75) is 13.0 Å². The van der Waals surface area contributed by atoms with Gasteiger partial charge in [-0.15, -0.1) is 0 Å². The molecule has 0 rings (SSSR count). The summed E-state index contributed by atoms with van der Waals surface area (Å²) in [6, 6.07) is 0.622. The van der Waals surface area contributed by atoms with Crippen LogP contribution in [-0.4, -0.2) is 36.1 Å². The van der Waals surface area contributed by atoms with E-state index in [1.165, 1.54) is 0 Å². The van der Waals surface area contributed by atoms with Crippen LogP contribution < -0.4 is 0 Å². The first kappa shape index (κ1) is 12.3. The van der Waals surface area contributed by atoms with E-state index >= 15 is 0 Å². The molecule has 0 unspecified atom stereocenters. The van der Waals surface area contributed by atoms with Crippen molar-refractivity contribution in [2.24, 2.45) is 0 Å². The molecular weight excluding hydrogens is 188 g/mol. The van der Waals surface area contributed by atoms with Gasteiger partial charge < -0.3 is 13.6 Å². The third-order valence-corrected chi connectivity index (χ3v) is 2.87. The van der Waals surface area contributed by atoms with Crippen LogP contribution in [0.5, 0.6) is 0 Å². The fourth-order valence-corrected chi connectivity index (χ4v) is 1.48. The molecule has 0 aliphatic carbocycles. The molecule has 0 spiro atoms. The smallest absolute Gasteiger partial charge is 0.387 e. The summed E-state index contributed by atoms with van der Waals surface area (Å²) in [7, 11) is 1.91. The van der Waals surface area contributed by atoms with Crippen molar-refractivity contribution in [2.75, 3.05) is 20.8 Å². The molecule has 0 atom stereocenters. The summed E-state index contributed by atoms with van der Waals surface area (Å²) in [4.78, 5) is 10.9. The van der Waals surface area contributed by atoms with Crippen LogP contribution in [0.4, 0.5) is 0 Å². The lowest BCUT2D eigenvalue weighted by atomic mass is 10.4. The maximum Gasteiger partial charge on any atom is 0.387 e. The van der Waals surface area contributed by atoms with Crippen LogP contribution in [0.2, 0.25) is 6.04 Å². The fourth-order valence-electron chi connectivity index (χ4n) is 0.638. The monoisotopic (exact) mass is 203 g/mol. The SMILES string of the molecule is C=C(C)C(=O)OCC[Si](OC)OC. The quantitative estimate of drug-likeness (QED) is 0.365. The lowest BCUT2D eigenvalue weighted by Gasteiger charge is -2.09. The molecular formula is C8H15O4Si. The van der Waals surface area contributed by atoms with Gasteiger partial charge in [0.15, 0.2) is 0 Å². The van der Waals surface area contributed by atoms with Crippen molar-refractivity contribution in [3.63, 3.8) is 0 Å². The Balaban J connectivity index is 3.54. The molecule has 5 heteroatoms. The molecule has 0 saturated heterocycles. The Morgan fingerprint density at radius 2 is 1.92 bits per heavy atom. The van der Waals surface area contributed by atoms with Crippen molar-refractivity contribution in [1.29, 1.82) is 0 Å². The zero-order valence-electron chi connectivity index (χ0n) is 8.25. The molecule has 0 fully saturated rings. The van der Waals surface area contributed by atoms with E-state index in [1.54, 1.807) is 21.1 Å². The van der Waals surface area contributed by atoms with Gasteiger partial charge in [0.2, 0.25) is 0 Å². The van der Waals surface area contributed by atoms with Gasteiger partial charge in [-0.2, -0.15) is 0 Å². The molecule has 75 valence electrons. The zero-order chi connectivity index (χ0) is 10.3. The first-order valence-electron chi connectivity index (χ1n) is 3.88. The van der Waals surface area contributed by atoms with Crippen LogP contribution in [0, 0.1) is 0 Å². The second-order valence-corrected chi connectivity index (χ2v) is 4.51. The molecule has 1 radical (unpaired) electrons. The number of carbonyl (C=O) groups excluding carboxylic acids is 1. The predicted molar refractivity (Wildman–Crippen MR) is 50.4 cm³/mol. The largest absolute Gasteiger partial charge is 0.462 e. The maximum atomic E-state index is 10.9. The second-order valence-electron chi connectivity index (χ2n) is 2.45. The van der Waals surface area contributed by atoms with Gasteiger partial charge in [-0.05, 0) is 6.92 Å². The van der Waals surface area contributed by atoms with E-state index in [0.29, 0.717) is 18.2 Å². The van der Waals surface area contributed by atoms with Crippen LogP contribution in [0.1, 0.15) is 6.92 Å². The molecule has 4 nitrogen and oxygen atoms in total. The average Bonchev–Trinajstić information content (AvgIpc) is 2.12. The van der Waals surface area contributed by atoms with E-state index in [-0.39, 0.29) is 5.97 Å². The van der Waals surface area contributed by atoms with Gasteiger partial charge in [-0.3, -0.25) is 0 Å². The van der Waals surface area contributed by atoms with Crippen molar-refractivity contribution in [3.8, 4) is 0 Å². The fraction of sp³-hybridized carbons (Fsp3) is 0.625. The predicted octanol–water partition coefficient (Wildman–Crippen LogP) is 0.887. The topological polar surface area (TPSA) is 44.8 Å². The Bertz CT molecular complexity index is 177. The second kappa shape index (κ2) is 6.82. The highest BCUT2D eigenvalue weighted by Crippen LogP contribution is 1.98. The molecule has 0 aliphatic heterocycles. The molecule has 0 amide bonds. The van der Waals surface area contributed by atoms with Crippen LogP contribution in [0.25, 0.3) is 0 Å². The van der Waals surface area contributed by atoms with Gasteiger partial charge in [-0.25, -0.2) is 4.79 Å². The minimum atomic E-state index is -1.25. The van der Waals surface area contributed by atoms with Gasteiger partial charge in [0.1, 0.15) is 0 Å². The van der Waals surface area contributed by atoms with Crippen LogP contribution in [-0.2, 0) is 18.4 Å². The first-order valence-corrected chi connectivity index (χ1v) is 5.40. The van der Waals surface area contributed by atoms with Crippen molar-refractivity contribution in [1.82, 2.24) is 0 Å². The van der Waals surface area contributed by atoms with Gasteiger partial charge in [-0.1, -0.05) is 6.58 Å². The van der Waals surface area contributed by atoms with Crippen LogP contribution in [0.3, 0.4) is 0 Å². The lowest BCUT2D eigenvalue weighted by Crippen LogP contribution is -2.21. The molecule has 0 aromatic heterocycles. The van der Waals surface area contributed by atoms with E-state index in [2.05, 4.69) is 6.58 Å². The number of carbonyl (C=O) groups is 1. The van der Waals surface area contributed by atoms with Crippen molar-refractivity contribution >= 4 is 15.3 Å². The highest BCUT2D eigenvalue weighted by molar-refractivity contribution is 6.44. The summed E-state index contributed by atoms with van der Waals surface area (Å²) in [5, 5.41) is 0. The van der Waals surface area contributed by atoms with Crippen molar-refractivity contribution < 1.29 is 18.4 Å². The standard InChI is InChI=1S/C8H15O4Si/c1-7(2)8(9)12-5-6-13(10-3)11-4/h1,5-6H2,2-4H3. The summed E-state index contributed by atoms with van der Waals surface area (Å²) in [6.07, 6.45) is 0.